The summed E-state index contributed by atoms with van der Waals surface area (Å²) in [5, 5.41) is 7.43. The first-order valence-corrected chi connectivity index (χ1v) is 7.40. The molecule has 4 heteroatoms. The minimum Gasteiger partial charge on any atom is -0.316 e. The van der Waals surface area contributed by atoms with Crippen LogP contribution in [-0.2, 0) is 6.42 Å². The zero-order valence-corrected chi connectivity index (χ0v) is 12.0. The lowest BCUT2D eigenvalue weighted by Crippen LogP contribution is -2.22. The molecule has 0 saturated carbocycles. The molecule has 18 heavy (non-hydrogen) atoms. The van der Waals surface area contributed by atoms with E-state index in [1.54, 1.807) is 11.3 Å². The summed E-state index contributed by atoms with van der Waals surface area (Å²) in [5.74, 6) is 0.379. The molecule has 0 fully saturated rings. The van der Waals surface area contributed by atoms with Gasteiger partial charge in [-0.05, 0) is 18.2 Å². The molecule has 0 aliphatic heterocycles. The molecule has 0 aliphatic carbocycles. The SMILES string of the molecule is CCNCC(Cc1nccs1)c1ccccc1Cl. The predicted octanol–water partition coefficient (Wildman–Crippen LogP) is 3.73. The molecule has 1 atom stereocenters. The van der Waals surface area contributed by atoms with E-state index in [1.807, 2.05) is 29.8 Å². The van der Waals surface area contributed by atoms with Crippen LogP contribution in [0.4, 0.5) is 0 Å². The number of nitrogens with one attached hydrogen (secondary N) is 1. The van der Waals surface area contributed by atoms with Gasteiger partial charge >= 0.3 is 0 Å². The third-order valence-electron chi connectivity index (χ3n) is 2.89. The van der Waals surface area contributed by atoms with Crippen LogP contribution in [0.15, 0.2) is 35.8 Å². The lowest BCUT2D eigenvalue weighted by atomic mass is 9.96. The molecule has 1 heterocycles. The van der Waals surface area contributed by atoms with E-state index in [-0.39, 0.29) is 0 Å². The summed E-state index contributed by atoms with van der Waals surface area (Å²) in [5.41, 5.74) is 1.20. The average Bonchev–Trinajstić information content (AvgIpc) is 2.88. The summed E-state index contributed by atoms with van der Waals surface area (Å²) in [6.45, 7) is 4.02. The number of halogens is 1. The zero-order valence-electron chi connectivity index (χ0n) is 10.4. The summed E-state index contributed by atoms with van der Waals surface area (Å²) in [6.07, 6.45) is 2.80. The predicted molar refractivity (Wildman–Crippen MR) is 78.6 cm³/mol. The Bertz CT molecular complexity index is 470. The number of hydrogen-bond acceptors (Lipinski definition) is 3. The van der Waals surface area contributed by atoms with E-state index in [1.165, 1.54) is 5.56 Å². The molecule has 0 aliphatic rings. The van der Waals surface area contributed by atoms with Crippen molar-refractivity contribution in [3.63, 3.8) is 0 Å². The zero-order chi connectivity index (χ0) is 12.8. The summed E-state index contributed by atoms with van der Waals surface area (Å²) in [4.78, 5) is 4.37. The quantitative estimate of drug-likeness (QED) is 0.872. The summed E-state index contributed by atoms with van der Waals surface area (Å²) in [6, 6.07) is 8.08. The Morgan fingerprint density at radius 1 is 1.39 bits per heavy atom. The molecular weight excluding hydrogens is 264 g/mol. The van der Waals surface area contributed by atoms with Crippen LogP contribution in [0.3, 0.4) is 0 Å². The molecule has 0 spiro atoms. The first-order valence-electron chi connectivity index (χ1n) is 6.14. The highest BCUT2D eigenvalue weighted by molar-refractivity contribution is 7.09. The van der Waals surface area contributed by atoms with Gasteiger partial charge in [0.2, 0.25) is 0 Å². The third kappa shape index (κ3) is 3.55. The van der Waals surface area contributed by atoms with Crippen molar-refractivity contribution >= 4 is 22.9 Å². The second-order valence-electron chi connectivity index (χ2n) is 4.16. The molecule has 0 bridgehead atoms. The largest absolute Gasteiger partial charge is 0.316 e. The Labute approximate surface area is 117 Å². The molecule has 0 radical (unpaired) electrons. The van der Waals surface area contributed by atoms with Crippen LogP contribution in [0.5, 0.6) is 0 Å². The molecular formula is C14H17ClN2S. The van der Waals surface area contributed by atoms with Gasteiger partial charge in [0.1, 0.15) is 0 Å². The molecule has 1 aromatic heterocycles. The van der Waals surface area contributed by atoms with Crippen LogP contribution >= 0.6 is 22.9 Å². The van der Waals surface area contributed by atoms with E-state index in [9.17, 15) is 0 Å². The van der Waals surface area contributed by atoms with Gasteiger partial charge in [0, 0.05) is 35.5 Å². The number of hydrogen-bond donors (Lipinski definition) is 1. The highest BCUT2D eigenvalue weighted by Gasteiger charge is 2.15. The third-order valence-corrected chi connectivity index (χ3v) is 4.04. The van der Waals surface area contributed by atoms with Crippen molar-refractivity contribution in [1.82, 2.24) is 10.3 Å². The molecule has 0 amide bonds. The molecule has 1 aromatic carbocycles. The average molecular weight is 281 g/mol. The maximum atomic E-state index is 6.29. The highest BCUT2D eigenvalue weighted by Crippen LogP contribution is 2.27. The summed E-state index contributed by atoms with van der Waals surface area (Å²) >= 11 is 8.00. The standard InChI is InChI=1S/C14H17ClN2S/c1-2-16-10-11(9-14-17-7-8-18-14)12-5-3-4-6-13(12)15/h3-8,11,16H,2,9-10H2,1H3. The minimum atomic E-state index is 0.379. The molecule has 1 N–H and O–H groups in total. The Balaban J connectivity index is 2.16. The van der Waals surface area contributed by atoms with Crippen LogP contribution < -0.4 is 5.32 Å². The van der Waals surface area contributed by atoms with Crippen molar-refractivity contribution in [1.29, 1.82) is 0 Å². The maximum absolute atomic E-state index is 6.29. The van der Waals surface area contributed by atoms with Gasteiger partial charge in [-0.2, -0.15) is 0 Å². The van der Waals surface area contributed by atoms with E-state index >= 15 is 0 Å². The number of thiazole rings is 1. The van der Waals surface area contributed by atoms with Crippen LogP contribution in [0.1, 0.15) is 23.4 Å². The number of aromatic nitrogens is 1. The second kappa shape index (κ2) is 6.88. The fourth-order valence-electron chi connectivity index (χ4n) is 1.98. The molecule has 2 rings (SSSR count). The lowest BCUT2D eigenvalue weighted by Gasteiger charge is -2.18. The van der Waals surface area contributed by atoms with Gasteiger partial charge in [0.05, 0.1) is 5.01 Å². The van der Waals surface area contributed by atoms with Crippen molar-refractivity contribution < 1.29 is 0 Å². The Hall–Kier alpha value is -0.900. The van der Waals surface area contributed by atoms with Crippen molar-refractivity contribution in [3.8, 4) is 0 Å². The molecule has 2 aromatic rings. The van der Waals surface area contributed by atoms with Gasteiger partial charge in [-0.1, -0.05) is 36.7 Å². The van der Waals surface area contributed by atoms with Gasteiger partial charge in [-0.15, -0.1) is 11.3 Å². The normalized spacial score (nSPS) is 12.6. The van der Waals surface area contributed by atoms with E-state index in [4.69, 9.17) is 11.6 Å². The number of likely N-dealkylation sites (N-methyl/N-ethyl adjacent to an activating group) is 1. The fraction of sp³-hybridized carbons (Fsp3) is 0.357. The molecule has 1 unspecified atom stereocenters. The summed E-state index contributed by atoms with van der Waals surface area (Å²) in [7, 11) is 0. The lowest BCUT2D eigenvalue weighted by molar-refractivity contribution is 0.594. The number of nitrogens with zero attached hydrogens (tertiary/aromatic N) is 1. The first kappa shape index (κ1) is 13.5. The van der Waals surface area contributed by atoms with Gasteiger partial charge in [0.15, 0.2) is 0 Å². The van der Waals surface area contributed by atoms with Crippen molar-refractivity contribution in [3.05, 3.63) is 51.4 Å². The Morgan fingerprint density at radius 2 is 2.22 bits per heavy atom. The van der Waals surface area contributed by atoms with E-state index < -0.39 is 0 Å². The van der Waals surface area contributed by atoms with Gasteiger partial charge in [-0.25, -0.2) is 4.98 Å². The second-order valence-corrected chi connectivity index (χ2v) is 5.54. The topological polar surface area (TPSA) is 24.9 Å². The van der Waals surface area contributed by atoms with Crippen molar-refractivity contribution in [2.24, 2.45) is 0 Å². The number of rotatable bonds is 6. The van der Waals surface area contributed by atoms with E-state index in [0.29, 0.717) is 5.92 Å². The van der Waals surface area contributed by atoms with Crippen molar-refractivity contribution in [2.45, 2.75) is 19.3 Å². The van der Waals surface area contributed by atoms with E-state index in [0.717, 1.165) is 29.5 Å². The minimum absolute atomic E-state index is 0.379. The van der Waals surface area contributed by atoms with Crippen LogP contribution in [-0.4, -0.2) is 18.1 Å². The maximum Gasteiger partial charge on any atom is 0.0931 e. The molecule has 0 saturated heterocycles. The molecule has 2 nitrogen and oxygen atoms in total. The van der Waals surface area contributed by atoms with E-state index in [2.05, 4.69) is 23.3 Å². The molecule has 96 valence electrons. The monoisotopic (exact) mass is 280 g/mol. The number of benzene rings is 1. The Kier molecular flexibility index (Phi) is 5.17. The highest BCUT2D eigenvalue weighted by atomic mass is 35.5. The smallest absolute Gasteiger partial charge is 0.0931 e. The Morgan fingerprint density at radius 3 is 2.89 bits per heavy atom. The summed E-state index contributed by atoms with van der Waals surface area (Å²) < 4.78 is 0. The van der Waals surface area contributed by atoms with Gasteiger partial charge in [0.25, 0.3) is 0 Å². The van der Waals surface area contributed by atoms with Crippen LogP contribution in [0, 0.1) is 0 Å². The van der Waals surface area contributed by atoms with Crippen LogP contribution in [0.25, 0.3) is 0 Å². The van der Waals surface area contributed by atoms with Gasteiger partial charge in [-0.3, -0.25) is 0 Å². The van der Waals surface area contributed by atoms with Crippen molar-refractivity contribution in [2.75, 3.05) is 13.1 Å². The fourth-order valence-corrected chi connectivity index (χ4v) is 2.97. The van der Waals surface area contributed by atoms with Crippen LogP contribution in [0.2, 0.25) is 5.02 Å². The first-order chi connectivity index (χ1) is 8.81. The van der Waals surface area contributed by atoms with Gasteiger partial charge < -0.3 is 5.32 Å².